The molecule has 1 aromatic rings. The number of aliphatic hydroxyl groups is 1. The van der Waals surface area contributed by atoms with Crippen LogP contribution in [-0.4, -0.2) is 35.7 Å². The second kappa shape index (κ2) is 5.72. The molecule has 0 aromatic heterocycles. The minimum Gasteiger partial charge on any atom is -0.393 e. The van der Waals surface area contributed by atoms with Gasteiger partial charge in [-0.1, -0.05) is 0 Å². The summed E-state index contributed by atoms with van der Waals surface area (Å²) in [6.45, 7) is 0.652. The highest BCUT2D eigenvalue weighted by molar-refractivity contribution is 5.89. The second-order valence-corrected chi connectivity index (χ2v) is 4.99. The minimum absolute atomic E-state index is 0.175. The van der Waals surface area contributed by atoms with Crippen molar-refractivity contribution in [2.75, 3.05) is 18.9 Å². The number of aliphatic hydroxyl groups excluding tert-OH is 1. The van der Waals surface area contributed by atoms with Crippen LogP contribution in [0.25, 0.3) is 0 Å². The van der Waals surface area contributed by atoms with Gasteiger partial charge in [0.05, 0.1) is 17.7 Å². The van der Waals surface area contributed by atoms with Crippen molar-refractivity contribution in [3.63, 3.8) is 0 Å². The average molecular weight is 259 g/mol. The Hall–Kier alpha value is -2.06. The molecule has 0 unspecified atom stereocenters. The molecule has 1 aliphatic carbocycles. The van der Waals surface area contributed by atoms with Crippen LogP contribution in [0.1, 0.15) is 18.4 Å². The first kappa shape index (κ1) is 13.4. The molecule has 0 saturated heterocycles. The highest BCUT2D eigenvalue weighted by atomic mass is 16.3. The lowest BCUT2D eigenvalue weighted by atomic mass is 9.82. The fraction of sp³-hybridized carbons (Fsp3) is 0.429. The van der Waals surface area contributed by atoms with E-state index < -0.39 is 0 Å². The normalized spacial score (nSPS) is 21.1. The summed E-state index contributed by atoms with van der Waals surface area (Å²) in [5, 5.41) is 20.7. The number of anilines is 1. The monoisotopic (exact) mass is 259 g/mol. The Kier molecular flexibility index (Phi) is 4.03. The number of benzene rings is 1. The van der Waals surface area contributed by atoms with Crippen molar-refractivity contribution in [3.8, 4) is 6.07 Å². The largest absolute Gasteiger partial charge is 0.393 e. The summed E-state index contributed by atoms with van der Waals surface area (Å²) in [5.41, 5.74) is 1.24. The second-order valence-electron chi connectivity index (χ2n) is 4.99. The van der Waals surface area contributed by atoms with Crippen LogP contribution in [0.2, 0.25) is 0 Å². The summed E-state index contributed by atoms with van der Waals surface area (Å²) in [7, 11) is 1.74. The van der Waals surface area contributed by atoms with Gasteiger partial charge in [-0.05, 0) is 43.0 Å². The van der Waals surface area contributed by atoms with Gasteiger partial charge in [0, 0.05) is 19.3 Å². The number of carbonyl (C=O) groups excluding carboxylic acids is 1. The van der Waals surface area contributed by atoms with Crippen LogP contribution >= 0.6 is 0 Å². The van der Waals surface area contributed by atoms with E-state index in [-0.39, 0.29) is 12.1 Å². The Morgan fingerprint density at radius 1 is 1.47 bits per heavy atom. The van der Waals surface area contributed by atoms with Crippen molar-refractivity contribution in [2.45, 2.75) is 18.9 Å². The fourth-order valence-electron chi connectivity index (χ4n) is 2.17. The number of amides is 2. The number of hydrogen-bond acceptors (Lipinski definition) is 3. The highest BCUT2D eigenvalue weighted by Gasteiger charge is 2.29. The summed E-state index contributed by atoms with van der Waals surface area (Å²) < 4.78 is 0. The van der Waals surface area contributed by atoms with Gasteiger partial charge in [-0.3, -0.25) is 0 Å². The third-order valence-corrected chi connectivity index (χ3v) is 3.35. The fourth-order valence-corrected chi connectivity index (χ4v) is 2.17. The van der Waals surface area contributed by atoms with Crippen molar-refractivity contribution >= 4 is 11.7 Å². The van der Waals surface area contributed by atoms with Gasteiger partial charge in [-0.15, -0.1) is 0 Å². The first-order valence-corrected chi connectivity index (χ1v) is 6.29. The van der Waals surface area contributed by atoms with Crippen LogP contribution in [0.3, 0.4) is 0 Å². The standard InChI is InChI=1S/C14H17N3O2/c1-17(9-11-6-13(18)7-11)14(19)16-12-4-2-10(8-15)3-5-12/h2-5,11,13,18H,6-7,9H2,1H3,(H,16,19). The highest BCUT2D eigenvalue weighted by Crippen LogP contribution is 2.27. The van der Waals surface area contributed by atoms with Crippen molar-refractivity contribution in [1.29, 1.82) is 5.26 Å². The van der Waals surface area contributed by atoms with Gasteiger partial charge in [0.2, 0.25) is 0 Å². The van der Waals surface area contributed by atoms with E-state index >= 15 is 0 Å². The lowest BCUT2D eigenvalue weighted by Gasteiger charge is -2.34. The van der Waals surface area contributed by atoms with Gasteiger partial charge in [0.15, 0.2) is 0 Å². The molecule has 2 amide bonds. The Morgan fingerprint density at radius 3 is 2.63 bits per heavy atom. The molecule has 2 N–H and O–H groups in total. The molecule has 0 bridgehead atoms. The summed E-state index contributed by atoms with van der Waals surface area (Å²) in [6.07, 6.45) is 1.35. The van der Waals surface area contributed by atoms with E-state index in [4.69, 9.17) is 5.26 Å². The summed E-state index contributed by atoms with van der Waals surface area (Å²) in [6, 6.07) is 8.59. The lowest BCUT2D eigenvalue weighted by molar-refractivity contribution is 0.0332. The van der Waals surface area contributed by atoms with Gasteiger partial charge >= 0.3 is 6.03 Å². The van der Waals surface area contributed by atoms with Crippen LogP contribution < -0.4 is 5.32 Å². The summed E-state index contributed by atoms with van der Waals surface area (Å²) in [4.78, 5) is 13.5. The number of carbonyl (C=O) groups is 1. The first-order valence-electron chi connectivity index (χ1n) is 6.29. The summed E-state index contributed by atoms with van der Waals surface area (Å²) >= 11 is 0. The number of hydrogen-bond donors (Lipinski definition) is 2. The Bertz CT molecular complexity index is 486. The third kappa shape index (κ3) is 3.46. The molecule has 1 saturated carbocycles. The van der Waals surface area contributed by atoms with E-state index in [0.29, 0.717) is 23.7 Å². The van der Waals surface area contributed by atoms with Crippen LogP contribution in [0, 0.1) is 17.2 Å². The zero-order valence-corrected chi connectivity index (χ0v) is 10.8. The number of nitrogens with one attached hydrogen (secondary N) is 1. The van der Waals surface area contributed by atoms with Gasteiger partial charge in [-0.25, -0.2) is 4.79 Å². The molecule has 5 nitrogen and oxygen atoms in total. The SMILES string of the molecule is CN(CC1CC(O)C1)C(=O)Nc1ccc(C#N)cc1. The quantitative estimate of drug-likeness (QED) is 0.868. The predicted octanol–water partition coefficient (Wildman–Crippen LogP) is 1.79. The molecule has 0 heterocycles. The molecule has 1 aromatic carbocycles. The van der Waals surface area contributed by atoms with E-state index in [0.717, 1.165) is 12.8 Å². The molecule has 0 aliphatic heterocycles. The zero-order chi connectivity index (χ0) is 13.8. The Morgan fingerprint density at radius 2 is 2.11 bits per heavy atom. The van der Waals surface area contributed by atoms with E-state index in [1.165, 1.54) is 0 Å². The first-order chi connectivity index (χ1) is 9.08. The van der Waals surface area contributed by atoms with E-state index in [2.05, 4.69) is 5.32 Å². The van der Waals surface area contributed by atoms with Crippen molar-refractivity contribution in [1.82, 2.24) is 4.90 Å². The van der Waals surface area contributed by atoms with Crippen LogP contribution in [0.4, 0.5) is 10.5 Å². The lowest BCUT2D eigenvalue weighted by Crippen LogP contribution is -2.41. The van der Waals surface area contributed by atoms with Gasteiger partial charge in [0.1, 0.15) is 0 Å². The van der Waals surface area contributed by atoms with Crippen LogP contribution in [0.5, 0.6) is 0 Å². The van der Waals surface area contributed by atoms with E-state index in [9.17, 15) is 9.90 Å². The molecule has 2 rings (SSSR count). The van der Waals surface area contributed by atoms with E-state index in [1.54, 1.807) is 36.2 Å². The number of rotatable bonds is 3. The molecule has 0 atom stereocenters. The van der Waals surface area contributed by atoms with Crippen molar-refractivity contribution in [3.05, 3.63) is 29.8 Å². The van der Waals surface area contributed by atoms with Gasteiger partial charge in [0.25, 0.3) is 0 Å². The molecule has 0 radical (unpaired) electrons. The van der Waals surface area contributed by atoms with Gasteiger partial charge < -0.3 is 15.3 Å². The van der Waals surface area contributed by atoms with Crippen LogP contribution in [0.15, 0.2) is 24.3 Å². The van der Waals surface area contributed by atoms with Crippen molar-refractivity contribution < 1.29 is 9.90 Å². The molecule has 1 fully saturated rings. The molecule has 1 aliphatic rings. The average Bonchev–Trinajstić information content (AvgIpc) is 2.37. The number of nitriles is 1. The number of urea groups is 1. The maximum absolute atomic E-state index is 11.9. The smallest absolute Gasteiger partial charge is 0.321 e. The van der Waals surface area contributed by atoms with Gasteiger partial charge in [-0.2, -0.15) is 5.26 Å². The topological polar surface area (TPSA) is 76.4 Å². The van der Waals surface area contributed by atoms with Crippen molar-refractivity contribution in [2.24, 2.45) is 5.92 Å². The molecule has 100 valence electrons. The Labute approximate surface area is 112 Å². The van der Waals surface area contributed by atoms with E-state index in [1.807, 2.05) is 6.07 Å². The molecular formula is C14H17N3O2. The number of nitrogens with zero attached hydrogens (tertiary/aromatic N) is 2. The van der Waals surface area contributed by atoms with Crippen LogP contribution in [-0.2, 0) is 0 Å². The Balaban J connectivity index is 1.84. The predicted molar refractivity (Wildman–Crippen MR) is 71.5 cm³/mol. The minimum atomic E-state index is -0.194. The molecule has 5 heteroatoms. The maximum Gasteiger partial charge on any atom is 0.321 e. The zero-order valence-electron chi connectivity index (χ0n) is 10.8. The summed E-state index contributed by atoms with van der Waals surface area (Å²) in [5.74, 6) is 0.395. The third-order valence-electron chi connectivity index (χ3n) is 3.35. The molecule has 0 spiro atoms. The maximum atomic E-state index is 11.9. The molecular weight excluding hydrogens is 242 g/mol. The molecule has 19 heavy (non-hydrogen) atoms.